The molecule has 0 bridgehead atoms. The van der Waals surface area contributed by atoms with Crippen LogP contribution >= 0.6 is 0 Å². The molecule has 3 nitrogen and oxygen atoms in total. The maximum atomic E-state index is 10.6. The molecule has 0 radical (unpaired) electrons. The quantitative estimate of drug-likeness (QED) is 0.506. The first-order valence-corrected chi connectivity index (χ1v) is 3.99. The summed E-state index contributed by atoms with van der Waals surface area (Å²) >= 11 is 0. The standard InChI is InChI=1S/C9H13NO2/c1-2-8-4-3-7(6-11)5-9(8)10-12/h3-5,11H,2,6,10H2,1H3. The van der Waals surface area contributed by atoms with Crippen molar-refractivity contribution >= 4 is 5.69 Å². The average Bonchev–Trinajstić information content (AvgIpc) is 2.16. The Morgan fingerprint density at radius 2 is 2.25 bits per heavy atom. The van der Waals surface area contributed by atoms with Crippen LogP contribution in [-0.4, -0.2) is 5.11 Å². The van der Waals surface area contributed by atoms with Gasteiger partial charge in [0.15, 0.2) is 0 Å². The van der Waals surface area contributed by atoms with Crippen LogP contribution in [0, 0.1) is 5.21 Å². The maximum absolute atomic E-state index is 10.6. The van der Waals surface area contributed by atoms with Crippen LogP contribution in [0.4, 0.5) is 5.69 Å². The molecule has 0 spiro atoms. The van der Waals surface area contributed by atoms with E-state index >= 15 is 0 Å². The molecule has 0 amide bonds. The first-order chi connectivity index (χ1) is 5.81. The zero-order chi connectivity index (χ0) is 8.97. The number of nitrogens with two attached hydrogens (primary N) is 1. The minimum Gasteiger partial charge on any atom is -0.630 e. The van der Waals surface area contributed by atoms with Gasteiger partial charge in [0, 0.05) is 11.6 Å². The van der Waals surface area contributed by atoms with Crippen molar-refractivity contribution in [1.29, 1.82) is 0 Å². The summed E-state index contributed by atoms with van der Waals surface area (Å²) in [5.41, 5.74) is 3.33. The number of quaternary nitrogens is 1. The third kappa shape index (κ3) is 1.82. The van der Waals surface area contributed by atoms with Crippen molar-refractivity contribution in [3.63, 3.8) is 0 Å². The number of aliphatic hydroxyl groups excluding tert-OH is 1. The minimum atomic E-state index is -0.00909. The summed E-state index contributed by atoms with van der Waals surface area (Å²) in [5.74, 6) is 0. The second-order valence-electron chi connectivity index (χ2n) is 2.66. The van der Waals surface area contributed by atoms with Crippen molar-refractivity contribution in [2.45, 2.75) is 20.0 Å². The molecule has 0 aliphatic carbocycles. The highest BCUT2D eigenvalue weighted by atomic mass is 16.5. The van der Waals surface area contributed by atoms with Gasteiger partial charge in [0.05, 0.1) is 6.61 Å². The van der Waals surface area contributed by atoms with Gasteiger partial charge in [-0.2, -0.15) is 0 Å². The van der Waals surface area contributed by atoms with Gasteiger partial charge in [-0.1, -0.05) is 19.1 Å². The van der Waals surface area contributed by atoms with E-state index in [1.807, 2.05) is 19.1 Å². The van der Waals surface area contributed by atoms with E-state index < -0.39 is 0 Å². The summed E-state index contributed by atoms with van der Waals surface area (Å²) in [4.78, 5) is 0. The largest absolute Gasteiger partial charge is 0.630 e. The summed E-state index contributed by atoms with van der Waals surface area (Å²) in [6.07, 6.45) is 0.847. The van der Waals surface area contributed by atoms with Gasteiger partial charge in [0.1, 0.15) is 5.69 Å². The van der Waals surface area contributed by atoms with E-state index in [0.29, 0.717) is 5.69 Å². The van der Waals surface area contributed by atoms with Crippen molar-refractivity contribution in [2.24, 2.45) is 0 Å². The summed E-state index contributed by atoms with van der Waals surface area (Å²) < 4.78 is 0. The number of hydrogen-bond acceptors (Lipinski definition) is 2. The molecule has 0 heterocycles. The molecule has 0 aliphatic heterocycles. The Morgan fingerprint density at radius 1 is 1.50 bits per heavy atom. The second kappa shape index (κ2) is 4.21. The highest BCUT2D eigenvalue weighted by Gasteiger charge is 2.01. The van der Waals surface area contributed by atoms with Crippen molar-refractivity contribution < 1.29 is 10.6 Å². The first-order valence-electron chi connectivity index (χ1n) is 3.99. The fraction of sp³-hybridized carbons (Fsp3) is 0.333. The smallest absolute Gasteiger partial charge is 0.133 e. The molecule has 0 saturated heterocycles. The summed E-state index contributed by atoms with van der Waals surface area (Å²) in [6, 6.07) is 5.45. The highest BCUT2D eigenvalue weighted by molar-refractivity contribution is 5.42. The van der Waals surface area contributed by atoms with Crippen molar-refractivity contribution in [3.05, 3.63) is 34.5 Å². The van der Waals surface area contributed by atoms with E-state index in [2.05, 4.69) is 0 Å². The molecule has 0 aliphatic rings. The lowest BCUT2D eigenvalue weighted by molar-refractivity contribution is -0.497. The Morgan fingerprint density at radius 3 is 2.75 bits per heavy atom. The third-order valence-corrected chi connectivity index (χ3v) is 1.90. The predicted molar refractivity (Wildman–Crippen MR) is 46.7 cm³/mol. The van der Waals surface area contributed by atoms with Crippen LogP contribution in [0.25, 0.3) is 0 Å². The van der Waals surface area contributed by atoms with E-state index in [1.54, 1.807) is 6.07 Å². The van der Waals surface area contributed by atoms with Crippen LogP contribution < -0.4 is 5.48 Å². The highest BCUT2D eigenvalue weighted by Crippen LogP contribution is 2.13. The molecular formula is C9H13NO2. The summed E-state index contributed by atoms with van der Waals surface area (Å²) in [7, 11) is 0. The molecule has 1 aromatic rings. The molecule has 1 rings (SSSR count). The molecule has 0 unspecified atom stereocenters. The van der Waals surface area contributed by atoms with Crippen LogP contribution in [0.5, 0.6) is 0 Å². The van der Waals surface area contributed by atoms with Gasteiger partial charge in [-0.05, 0) is 12.0 Å². The number of aliphatic hydroxyl groups is 1. The Balaban J connectivity index is 3.02. The van der Waals surface area contributed by atoms with Crippen LogP contribution in [0.3, 0.4) is 0 Å². The lowest BCUT2D eigenvalue weighted by Gasteiger charge is -2.08. The second-order valence-corrected chi connectivity index (χ2v) is 2.66. The van der Waals surface area contributed by atoms with Crippen molar-refractivity contribution in [3.8, 4) is 0 Å². The van der Waals surface area contributed by atoms with Crippen LogP contribution in [-0.2, 0) is 13.0 Å². The van der Waals surface area contributed by atoms with Crippen LogP contribution in [0.15, 0.2) is 18.2 Å². The van der Waals surface area contributed by atoms with E-state index in [4.69, 9.17) is 5.11 Å². The van der Waals surface area contributed by atoms with Crippen molar-refractivity contribution in [1.82, 2.24) is 0 Å². The lowest BCUT2D eigenvalue weighted by atomic mass is 10.1. The molecule has 1 aromatic carbocycles. The number of aryl methyl sites for hydroxylation is 1. The summed E-state index contributed by atoms with van der Waals surface area (Å²) in [5, 5.41) is 19.4. The Bertz CT molecular complexity index is 261. The van der Waals surface area contributed by atoms with Crippen molar-refractivity contribution in [2.75, 3.05) is 0 Å². The number of rotatable bonds is 3. The normalized spacial score (nSPS) is 10.2. The van der Waals surface area contributed by atoms with E-state index in [-0.39, 0.29) is 6.61 Å². The fourth-order valence-corrected chi connectivity index (χ4v) is 1.17. The van der Waals surface area contributed by atoms with Crippen LogP contribution in [0.1, 0.15) is 18.1 Å². The van der Waals surface area contributed by atoms with Gasteiger partial charge < -0.3 is 15.8 Å². The molecular weight excluding hydrogens is 154 g/mol. The number of hydrogen-bond donors (Lipinski definition) is 2. The average molecular weight is 167 g/mol. The van der Waals surface area contributed by atoms with Gasteiger partial charge in [-0.25, -0.2) is 0 Å². The monoisotopic (exact) mass is 167 g/mol. The molecule has 3 heteroatoms. The van der Waals surface area contributed by atoms with E-state index in [9.17, 15) is 5.21 Å². The van der Waals surface area contributed by atoms with Gasteiger partial charge in [0.2, 0.25) is 0 Å². The minimum absolute atomic E-state index is 0.00909. The van der Waals surface area contributed by atoms with Gasteiger partial charge in [0.25, 0.3) is 0 Å². The molecule has 0 aromatic heterocycles. The first kappa shape index (κ1) is 9.19. The Labute approximate surface area is 71.6 Å². The molecule has 3 N–H and O–H groups in total. The third-order valence-electron chi connectivity index (χ3n) is 1.90. The van der Waals surface area contributed by atoms with Gasteiger partial charge >= 0.3 is 0 Å². The zero-order valence-electron chi connectivity index (χ0n) is 7.08. The lowest BCUT2D eigenvalue weighted by Crippen LogP contribution is -2.70. The Hall–Kier alpha value is -0.900. The molecule has 0 atom stereocenters. The fourth-order valence-electron chi connectivity index (χ4n) is 1.17. The molecule has 0 fully saturated rings. The predicted octanol–water partition coefficient (Wildman–Crippen LogP) is 0.434. The maximum Gasteiger partial charge on any atom is 0.133 e. The van der Waals surface area contributed by atoms with Gasteiger partial charge in [-0.3, -0.25) is 0 Å². The Kier molecular flexibility index (Phi) is 3.22. The summed E-state index contributed by atoms with van der Waals surface area (Å²) in [6.45, 7) is 1.99. The van der Waals surface area contributed by atoms with E-state index in [1.165, 1.54) is 0 Å². The SMILES string of the molecule is CCc1ccc(CO)cc1[NH2+][O-]. The topological polar surface area (TPSA) is 59.9 Å². The van der Waals surface area contributed by atoms with Gasteiger partial charge in [-0.15, -0.1) is 0 Å². The zero-order valence-corrected chi connectivity index (χ0v) is 7.08. The van der Waals surface area contributed by atoms with E-state index in [0.717, 1.165) is 23.0 Å². The molecule has 0 saturated carbocycles. The molecule has 66 valence electrons. The molecule has 12 heavy (non-hydrogen) atoms. The number of benzene rings is 1. The van der Waals surface area contributed by atoms with Crippen LogP contribution in [0.2, 0.25) is 0 Å².